The summed E-state index contributed by atoms with van der Waals surface area (Å²) in [6.07, 6.45) is 1.26. The van der Waals surface area contributed by atoms with Crippen molar-refractivity contribution in [1.29, 1.82) is 0 Å². The molecule has 0 bridgehead atoms. The minimum absolute atomic E-state index is 0.0937. The minimum atomic E-state index is -3.77. The molecule has 0 aromatic carbocycles. The first-order chi connectivity index (χ1) is 12.8. The topological polar surface area (TPSA) is 129 Å². The van der Waals surface area contributed by atoms with Crippen molar-refractivity contribution in [2.75, 3.05) is 6.54 Å². The molecule has 144 valence electrons. The Labute approximate surface area is 159 Å². The van der Waals surface area contributed by atoms with Gasteiger partial charge in [-0.25, -0.2) is 18.1 Å². The van der Waals surface area contributed by atoms with E-state index in [1.807, 2.05) is 17.5 Å². The summed E-state index contributed by atoms with van der Waals surface area (Å²) in [5.74, 6) is 0.569. The molecule has 0 aliphatic carbocycles. The lowest BCUT2D eigenvalue weighted by molar-refractivity contribution is -0.145. The number of imidazole rings is 1. The Morgan fingerprint density at radius 1 is 1.41 bits per heavy atom. The molecular weight excluding hydrogens is 394 g/mol. The maximum atomic E-state index is 12.1. The summed E-state index contributed by atoms with van der Waals surface area (Å²) in [5, 5.41) is 5.52. The number of aryl methyl sites for hydroxylation is 2. The zero-order valence-electron chi connectivity index (χ0n) is 14.6. The van der Waals surface area contributed by atoms with Crippen LogP contribution in [0, 0.1) is 6.92 Å². The van der Waals surface area contributed by atoms with Crippen LogP contribution in [0.1, 0.15) is 18.1 Å². The van der Waals surface area contributed by atoms with Crippen LogP contribution in [0.3, 0.4) is 0 Å². The Hall–Kier alpha value is -2.57. The summed E-state index contributed by atoms with van der Waals surface area (Å²) in [6, 6.07) is 3.69. The molecule has 10 nitrogen and oxygen atoms in total. The standard InChI is InChI=1S/C15H17N5O5S2/c1-10-17-13(8-20(10)2)27(22,23)16-6-5-14(21)24-9-12-18-15(25-19-12)11-4-3-7-26-11/h3-4,7-8,16H,5-6,9H2,1-2H3. The molecule has 0 aliphatic rings. The molecule has 0 fully saturated rings. The number of ether oxygens (including phenoxy) is 1. The van der Waals surface area contributed by atoms with Gasteiger partial charge >= 0.3 is 5.97 Å². The number of carbonyl (C=O) groups excluding carboxylic acids is 1. The van der Waals surface area contributed by atoms with Crippen LogP contribution in [0.5, 0.6) is 0 Å². The highest BCUT2D eigenvalue weighted by Crippen LogP contribution is 2.22. The molecule has 1 N–H and O–H groups in total. The molecule has 3 aromatic heterocycles. The van der Waals surface area contributed by atoms with Gasteiger partial charge in [0.1, 0.15) is 5.82 Å². The zero-order chi connectivity index (χ0) is 19.4. The van der Waals surface area contributed by atoms with Crippen LogP contribution in [-0.2, 0) is 33.2 Å². The first-order valence-corrected chi connectivity index (χ1v) is 10.2. The van der Waals surface area contributed by atoms with E-state index in [-0.39, 0.29) is 30.4 Å². The third-order valence-electron chi connectivity index (χ3n) is 3.55. The molecule has 0 atom stereocenters. The van der Waals surface area contributed by atoms with E-state index in [0.29, 0.717) is 11.7 Å². The monoisotopic (exact) mass is 411 g/mol. The molecule has 0 saturated heterocycles. The van der Waals surface area contributed by atoms with E-state index in [4.69, 9.17) is 9.26 Å². The van der Waals surface area contributed by atoms with Crippen LogP contribution in [0.15, 0.2) is 33.3 Å². The molecule has 3 heterocycles. The van der Waals surface area contributed by atoms with Crippen molar-refractivity contribution in [3.05, 3.63) is 35.4 Å². The predicted octanol–water partition coefficient (Wildman–Crippen LogP) is 1.25. The highest BCUT2D eigenvalue weighted by atomic mass is 32.2. The lowest BCUT2D eigenvalue weighted by Gasteiger charge is -2.04. The second-order valence-corrected chi connectivity index (χ2v) is 8.20. The van der Waals surface area contributed by atoms with Crippen molar-refractivity contribution in [3.63, 3.8) is 0 Å². The van der Waals surface area contributed by atoms with E-state index in [1.54, 1.807) is 18.5 Å². The Kier molecular flexibility index (Phi) is 5.68. The fourth-order valence-electron chi connectivity index (χ4n) is 2.05. The average Bonchev–Trinajstić information content (AvgIpc) is 3.34. The van der Waals surface area contributed by atoms with Crippen LogP contribution >= 0.6 is 11.3 Å². The second-order valence-electron chi connectivity index (χ2n) is 5.54. The van der Waals surface area contributed by atoms with Gasteiger partial charge in [-0.3, -0.25) is 4.79 Å². The maximum absolute atomic E-state index is 12.1. The number of esters is 1. The average molecular weight is 411 g/mol. The number of hydrogen-bond acceptors (Lipinski definition) is 9. The van der Waals surface area contributed by atoms with Gasteiger partial charge in [0, 0.05) is 19.8 Å². The fraction of sp³-hybridized carbons (Fsp3) is 0.333. The van der Waals surface area contributed by atoms with Crippen LogP contribution in [-0.4, -0.2) is 40.6 Å². The number of rotatable bonds is 8. The van der Waals surface area contributed by atoms with Gasteiger partial charge in [0.15, 0.2) is 11.6 Å². The Morgan fingerprint density at radius 2 is 2.22 bits per heavy atom. The third-order valence-corrected chi connectivity index (χ3v) is 5.73. The largest absolute Gasteiger partial charge is 0.457 e. The van der Waals surface area contributed by atoms with Gasteiger partial charge in [-0.05, 0) is 18.4 Å². The van der Waals surface area contributed by atoms with Crippen LogP contribution < -0.4 is 4.72 Å². The second kappa shape index (κ2) is 7.98. The molecule has 3 rings (SSSR count). The third kappa shape index (κ3) is 4.78. The highest BCUT2D eigenvalue weighted by molar-refractivity contribution is 7.89. The van der Waals surface area contributed by atoms with Crippen molar-refractivity contribution in [2.24, 2.45) is 7.05 Å². The molecule has 12 heteroatoms. The van der Waals surface area contributed by atoms with E-state index >= 15 is 0 Å². The molecule has 0 aliphatic heterocycles. The molecule has 0 spiro atoms. The summed E-state index contributed by atoms with van der Waals surface area (Å²) in [7, 11) is -2.08. The number of hydrogen-bond donors (Lipinski definition) is 1. The van der Waals surface area contributed by atoms with Crippen molar-refractivity contribution in [2.45, 2.75) is 25.0 Å². The number of thiophene rings is 1. The zero-order valence-corrected chi connectivity index (χ0v) is 16.2. The summed E-state index contributed by atoms with van der Waals surface area (Å²) >= 11 is 1.45. The molecule has 0 unspecified atom stereocenters. The lowest BCUT2D eigenvalue weighted by Crippen LogP contribution is -2.27. The number of nitrogens with zero attached hydrogens (tertiary/aromatic N) is 4. The predicted molar refractivity (Wildman–Crippen MR) is 95.2 cm³/mol. The molecule has 0 radical (unpaired) electrons. The molecule has 27 heavy (non-hydrogen) atoms. The smallest absolute Gasteiger partial charge is 0.307 e. The Balaban J connectivity index is 1.45. The highest BCUT2D eigenvalue weighted by Gasteiger charge is 2.19. The lowest BCUT2D eigenvalue weighted by atomic mass is 10.4. The van der Waals surface area contributed by atoms with Crippen LogP contribution in [0.2, 0.25) is 0 Å². The molecule has 3 aromatic rings. The number of nitrogens with one attached hydrogen (secondary N) is 1. The minimum Gasteiger partial charge on any atom is -0.457 e. The quantitative estimate of drug-likeness (QED) is 0.548. The van der Waals surface area contributed by atoms with Gasteiger partial charge in [0.25, 0.3) is 15.9 Å². The van der Waals surface area contributed by atoms with Crippen LogP contribution in [0.25, 0.3) is 10.8 Å². The maximum Gasteiger partial charge on any atom is 0.307 e. The van der Waals surface area contributed by atoms with Gasteiger partial charge in [0.2, 0.25) is 5.82 Å². The van der Waals surface area contributed by atoms with Gasteiger partial charge in [-0.2, -0.15) is 4.98 Å². The van der Waals surface area contributed by atoms with E-state index < -0.39 is 16.0 Å². The summed E-state index contributed by atoms with van der Waals surface area (Å²) in [6.45, 7) is 1.43. The Morgan fingerprint density at radius 3 is 2.89 bits per heavy atom. The van der Waals surface area contributed by atoms with Gasteiger partial charge in [-0.1, -0.05) is 11.2 Å². The Bertz CT molecular complexity index is 1000. The van der Waals surface area contributed by atoms with Crippen molar-refractivity contribution >= 4 is 27.3 Å². The van der Waals surface area contributed by atoms with E-state index in [9.17, 15) is 13.2 Å². The van der Waals surface area contributed by atoms with E-state index in [0.717, 1.165) is 4.88 Å². The number of sulfonamides is 1. The van der Waals surface area contributed by atoms with Gasteiger partial charge in [0.05, 0.1) is 11.3 Å². The number of carbonyl (C=O) groups is 1. The number of aromatic nitrogens is 4. The summed E-state index contributed by atoms with van der Waals surface area (Å²) < 4.78 is 38.2. The van der Waals surface area contributed by atoms with Gasteiger partial charge in [-0.15, -0.1) is 11.3 Å². The van der Waals surface area contributed by atoms with E-state index in [2.05, 4.69) is 19.8 Å². The molecule has 0 saturated carbocycles. The van der Waals surface area contributed by atoms with E-state index in [1.165, 1.54) is 17.5 Å². The van der Waals surface area contributed by atoms with Crippen LogP contribution in [0.4, 0.5) is 0 Å². The first-order valence-electron chi connectivity index (χ1n) is 7.87. The summed E-state index contributed by atoms with van der Waals surface area (Å²) in [4.78, 5) is 20.7. The SMILES string of the molecule is Cc1nc(S(=O)(=O)NCCC(=O)OCc2noc(-c3cccs3)n2)cn1C. The van der Waals surface area contributed by atoms with Crippen molar-refractivity contribution in [1.82, 2.24) is 24.4 Å². The van der Waals surface area contributed by atoms with Crippen molar-refractivity contribution < 1.29 is 22.5 Å². The molecule has 0 amide bonds. The molecular formula is C15H17N5O5S2. The van der Waals surface area contributed by atoms with Gasteiger partial charge < -0.3 is 13.8 Å². The van der Waals surface area contributed by atoms with Crippen molar-refractivity contribution in [3.8, 4) is 10.8 Å². The summed E-state index contributed by atoms with van der Waals surface area (Å²) in [5.41, 5.74) is 0. The first kappa shape index (κ1) is 19.2. The normalized spacial score (nSPS) is 11.6. The fourth-order valence-corrected chi connectivity index (χ4v) is 3.76.